The summed E-state index contributed by atoms with van der Waals surface area (Å²) in [7, 11) is 1.75. The first-order valence-electron chi connectivity index (χ1n) is 5.68. The number of rotatable bonds is 1. The number of aryl methyl sites for hydroxylation is 1. The fourth-order valence-electron chi connectivity index (χ4n) is 2.04. The summed E-state index contributed by atoms with van der Waals surface area (Å²) in [5.74, 6) is 0.559. The normalized spacial score (nSPS) is 12.2. The molecule has 1 aromatic carbocycles. The number of aromatic nitrogens is 4. The van der Waals surface area contributed by atoms with Gasteiger partial charge in [-0.15, -0.1) is 0 Å². The van der Waals surface area contributed by atoms with Gasteiger partial charge in [0.05, 0.1) is 16.6 Å². The number of nitrogens with one attached hydrogen (secondary N) is 1. The third kappa shape index (κ3) is 2.01. The van der Waals surface area contributed by atoms with E-state index in [4.69, 9.17) is 12.2 Å². The highest BCUT2D eigenvalue weighted by Crippen LogP contribution is 2.31. The van der Waals surface area contributed by atoms with Crippen molar-refractivity contribution in [2.24, 2.45) is 7.05 Å². The van der Waals surface area contributed by atoms with Crippen LogP contribution in [0.5, 0.6) is 0 Å². The number of aromatic amines is 1. The number of benzene rings is 1. The fourth-order valence-corrected chi connectivity index (χ4v) is 2.34. The van der Waals surface area contributed by atoms with E-state index in [0.29, 0.717) is 21.6 Å². The van der Waals surface area contributed by atoms with Crippen LogP contribution in [0.4, 0.5) is 13.2 Å². The van der Waals surface area contributed by atoms with E-state index in [1.165, 1.54) is 6.07 Å². The maximum absolute atomic E-state index is 12.7. The Morgan fingerprint density at radius 2 is 2.00 bits per heavy atom. The first kappa shape index (κ1) is 12.9. The minimum atomic E-state index is -4.38. The van der Waals surface area contributed by atoms with Gasteiger partial charge in [-0.3, -0.25) is 9.25 Å². The fraction of sp³-hybridized carbons (Fsp3) is 0.167. The van der Waals surface area contributed by atoms with Gasteiger partial charge in [0.1, 0.15) is 0 Å². The molecule has 0 radical (unpaired) electrons. The van der Waals surface area contributed by atoms with Crippen molar-refractivity contribution in [1.29, 1.82) is 0 Å². The minimum Gasteiger partial charge on any atom is -0.330 e. The first-order valence-corrected chi connectivity index (χ1v) is 6.09. The quantitative estimate of drug-likeness (QED) is 0.699. The van der Waals surface area contributed by atoms with Gasteiger partial charge in [0.15, 0.2) is 10.6 Å². The summed E-state index contributed by atoms with van der Waals surface area (Å²) in [5.41, 5.74) is 0.173. The van der Waals surface area contributed by atoms with E-state index < -0.39 is 11.7 Å². The van der Waals surface area contributed by atoms with Crippen LogP contribution in [0.3, 0.4) is 0 Å². The van der Waals surface area contributed by atoms with Crippen LogP contribution in [0.1, 0.15) is 5.56 Å². The Morgan fingerprint density at radius 3 is 2.60 bits per heavy atom. The molecule has 2 aromatic heterocycles. The van der Waals surface area contributed by atoms with E-state index in [2.05, 4.69) is 10.1 Å². The molecule has 2 heterocycles. The summed E-state index contributed by atoms with van der Waals surface area (Å²) in [6.07, 6.45) is -2.64. The van der Waals surface area contributed by atoms with E-state index in [9.17, 15) is 13.2 Å². The molecule has 0 aliphatic rings. The molecule has 0 spiro atoms. The molecule has 0 saturated heterocycles. The molecule has 4 nitrogen and oxygen atoms in total. The Balaban J connectivity index is 2.25. The summed E-state index contributed by atoms with van der Waals surface area (Å²) in [6.45, 7) is 0. The number of imidazole rings is 1. The van der Waals surface area contributed by atoms with Crippen LogP contribution in [0.15, 0.2) is 30.5 Å². The Hall–Kier alpha value is -2.09. The summed E-state index contributed by atoms with van der Waals surface area (Å²) in [5, 5.41) is 4.21. The van der Waals surface area contributed by atoms with Crippen LogP contribution in [0.25, 0.3) is 16.9 Å². The van der Waals surface area contributed by atoms with Crippen molar-refractivity contribution in [2.75, 3.05) is 0 Å². The Kier molecular flexibility index (Phi) is 2.72. The monoisotopic (exact) mass is 298 g/mol. The van der Waals surface area contributed by atoms with Crippen molar-refractivity contribution < 1.29 is 13.2 Å². The highest BCUT2D eigenvalue weighted by molar-refractivity contribution is 7.71. The van der Waals surface area contributed by atoms with Gasteiger partial charge in [0, 0.05) is 19.3 Å². The smallest absolute Gasteiger partial charge is 0.330 e. The highest BCUT2D eigenvalue weighted by Gasteiger charge is 2.30. The van der Waals surface area contributed by atoms with Crippen molar-refractivity contribution in [1.82, 2.24) is 19.3 Å². The van der Waals surface area contributed by atoms with Crippen LogP contribution in [0.2, 0.25) is 0 Å². The standard InChI is InChI=1S/C12H9F3N4S/c1-18-5-4-10(17-18)19-9-3-2-7(12(13,14)15)6-8(9)16-11(19)20/h2-6H,1H3,(H,16,20). The van der Waals surface area contributed by atoms with Gasteiger partial charge >= 0.3 is 6.18 Å². The van der Waals surface area contributed by atoms with Crippen molar-refractivity contribution >= 4 is 23.3 Å². The number of halogens is 3. The van der Waals surface area contributed by atoms with Gasteiger partial charge in [0.2, 0.25) is 0 Å². The zero-order valence-electron chi connectivity index (χ0n) is 10.3. The minimum absolute atomic E-state index is 0.304. The summed E-state index contributed by atoms with van der Waals surface area (Å²) < 4.78 is 41.6. The lowest BCUT2D eigenvalue weighted by Crippen LogP contribution is -2.04. The molecule has 20 heavy (non-hydrogen) atoms. The summed E-state index contributed by atoms with van der Waals surface area (Å²) in [4.78, 5) is 2.78. The predicted octanol–water partition coefficient (Wildman–Crippen LogP) is 3.44. The van der Waals surface area contributed by atoms with Gasteiger partial charge in [-0.25, -0.2) is 0 Å². The van der Waals surface area contributed by atoms with Crippen LogP contribution in [-0.2, 0) is 13.2 Å². The second-order valence-electron chi connectivity index (χ2n) is 4.34. The molecule has 0 aliphatic heterocycles. The van der Waals surface area contributed by atoms with E-state index in [1.54, 1.807) is 28.6 Å². The topological polar surface area (TPSA) is 38.5 Å². The Morgan fingerprint density at radius 1 is 1.25 bits per heavy atom. The molecular formula is C12H9F3N4S. The number of fused-ring (bicyclic) bond motifs is 1. The third-order valence-electron chi connectivity index (χ3n) is 2.94. The van der Waals surface area contributed by atoms with E-state index in [0.717, 1.165) is 12.1 Å². The predicted molar refractivity (Wildman–Crippen MR) is 70.2 cm³/mol. The second kappa shape index (κ2) is 4.20. The Bertz CT molecular complexity index is 840. The van der Waals surface area contributed by atoms with Gasteiger partial charge in [-0.2, -0.15) is 18.3 Å². The molecule has 104 valence electrons. The van der Waals surface area contributed by atoms with Gasteiger partial charge in [0.25, 0.3) is 0 Å². The number of H-pyrrole nitrogens is 1. The average Bonchev–Trinajstić information content (AvgIpc) is 2.89. The lowest BCUT2D eigenvalue weighted by atomic mass is 10.2. The number of hydrogen-bond acceptors (Lipinski definition) is 2. The van der Waals surface area contributed by atoms with Crippen LogP contribution < -0.4 is 0 Å². The molecule has 0 atom stereocenters. The first-order chi connectivity index (χ1) is 9.36. The molecule has 3 aromatic rings. The molecule has 1 N–H and O–H groups in total. The van der Waals surface area contributed by atoms with E-state index >= 15 is 0 Å². The van der Waals surface area contributed by atoms with Crippen molar-refractivity contribution in [3.63, 3.8) is 0 Å². The lowest BCUT2D eigenvalue weighted by molar-refractivity contribution is -0.137. The maximum Gasteiger partial charge on any atom is 0.416 e. The zero-order valence-corrected chi connectivity index (χ0v) is 11.1. The summed E-state index contributed by atoms with van der Waals surface area (Å²) in [6, 6.07) is 5.20. The largest absolute Gasteiger partial charge is 0.416 e. The molecular weight excluding hydrogens is 289 g/mol. The zero-order chi connectivity index (χ0) is 14.5. The lowest BCUT2D eigenvalue weighted by Gasteiger charge is -2.06. The molecule has 0 aliphatic carbocycles. The average molecular weight is 298 g/mol. The van der Waals surface area contributed by atoms with Crippen molar-refractivity contribution in [2.45, 2.75) is 6.18 Å². The highest BCUT2D eigenvalue weighted by atomic mass is 32.1. The number of hydrogen-bond donors (Lipinski definition) is 1. The number of nitrogens with zero attached hydrogens (tertiary/aromatic N) is 3. The van der Waals surface area contributed by atoms with Gasteiger partial charge in [-0.1, -0.05) is 0 Å². The van der Waals surface area contributed by atoms with Gasteiger partial charge in [-0.05, 0) is 30.4 Å². The van der Waals surface area contributed by atoms with Crippen molar-refractivity contribution in [3.8, 4) is 5.82 Å². The van der Waals surface area contributed by atoms with Crippen molar-refractivity contribution in [3.05, 3.63) is 40.8 Å². The van der Waals surface area contributed by atoms with Gasteiger partial charge < -0.3 is 4.98 Å². The van der Waals surface area contributed by atoms with E-state index in [1.807, 2.05) is 0 Å². The van der Waals surface area contributed by atoms with Crippen LogP contribution >= 0.6 is 12.2 Å². The molecule has 0 amide bonds. The summed E-state index contributed by atoms with van der Waals surface area (Å²) >= 11 is 5.16. The maximum atomic E-state index is 12.7. The molecule has 0 saturated carbocycles. The second-order valence-corrected chi connectivity index (χ2v) is 4.73. The molecule has 3 rings (SSSR count). The SMILES string of the molecule is Cn1ccc(-n2c(=S)[nH]c3cc(C(F)(F)F)ccc32)n1. The van der Waals surface area contributed by atoms with Crippen LogP contribution in [-0.4, -0.2) is 19.3 Å². The third-order valence-corrected chi connectivity index (χ3v) is 3.22. The molecule has 0 bridgehead atoms. The number of alkyl halides is 3. The van der Waals surface area contributed by atoms with Crippen LogP contribution in [0, 0.1) is 4.77 Å². The molecule has 8 heteroatoms. The van der Waals surface area contributed by atoms with E-state index in [-0.39, 0.29) is 0 Å². The molecule has 0 unspecified atom stereocenters. The molecule has 0 fully saturated rings. The Labute approximate surface area is 116 Å².